The number of non-ortho nitro benzene ring substituents is 1. The standard InChI is InChI=1S/C16H24N2O5/c1-13-11-17(12-14(2)23-13)6-7-21-8-9-22-16-5-3-4-15(10-16)18(19)20/h3-5,10,13-14H,6-9,11-12H2,1-2H3. The van der Waals surface area contributed by atoms with Gasteiger partial charge in [-0.3, -0.25) is 15.0 Å². The lowest BCUT2D eigenvalue weighted by Gasteiger charge is -2.35. The molecule has 23 heavy (non-hydrogen) atoms. The second-order valence-corrected chi connectivity index (χ2v) is 5.73. The predicted octanol–water partition coefficient (Wildman–Crippen LogP) is 2.10. The highest BCUT2D eigenvalue weighted by atomic mass is 16.6. The first-order chi connectivity index (χ1) is 11.0. The van der Waals surface area contributed by atoms with Gasteiger partial charge in [0.1, 0.15) is 12.4 Å². The van der Waals surface area contributed by atoms with E-state index in [1.807, 2.05) is 0 Å². The summed E-state index contributed by atoms with van der Waals surface area (Å²) in [7, 11) is 0. The fourth-order valence-corrected chi connectivity index (χ4v) is 2.67. The van der Waals surface area contributed by atoms with Gasteiger partial charge in [-0.2, -0.15) is 0 Å². The van der Waals surface area contributed by atoms with E-state index in [4.69, 9.17) is 14.2 Å². The van der Waals surface area contributed by atoms with Crippen molar-refractivity contribution in [3.8, 4) is 5.75 Å². The fraction of sp³-hybridized carbons (Fsp3) is 0.625. The molecule has 1 fully saturated rings. The van der Waals surface area contributed by atoms with E-state index in [9.17, 15) is 10.1 Å². The first-order valence-electron chi connectivity index (χ1n) is 7.87. The number of ether oxygens (including phenoxy) is 3. The summed E-state index contributed by atoms with van der Waals surface area (Å²) in [6.45, 7) is 8.35. The number of benzene rings is 1. The van der Waals surface area contributed by atoms with Crippen molar-refractivity contribution in [1.82, 2.24) is 4.90 Å². The monoisotopic (exact) mass is 324 g/mol. The average Bonchev–Trinajstić information content (AvgIpc) is 2.50. The molecule has 2 rings (SSSR count). The van der Waals surface area contributed by atoms with E-state index in [0.717, 1.165) is 19.6 Å². The molecule has 0 N–H and O–H groups in total. The van der Waals surface area contributed by atoms with Crippen LogP contribution in [0.2, 0.25) is 0 Å². The van der Waals surface area contributed by atoms with Gasteiger partial charge in [-0.15, -0.1) is 0 Å². The smallest absolute Gasteiger partial charge is 0.273 e. The molecule has 0 bridgehead atoms. The minimum Gasteiger partial charge on any atom is -0.491 e. The molecule has 0 spiro atoms. The largest absolute Gasteiger partial charge is 0.491 e. The molecular formula is C16H24N2O5. The molecule has 7 nitrogen and oxygen atoms in total. The second-order valence-electron chi connectivity index (χ2n) is 5.73. The Morgan fingerprint density at radius 1 is 1.26 bits per heavy atom. The van der Waals surface area contributed by atoms with Gasteiger partial charge in [0.25, 0.3) is 5.69 Å². The second kappa shape index (κ2) is 8.81. The molecule has 1 aromatic rings. The summed E-state index contributed by atoms with van der Waals surface area (Å²) in [4.78, 5) is 12.6. The van der Waals surface area contributed by atoms with Crippen molar-refractivity contribution < 1.29 is 19.1 Å². The number of hydrogen-bond donors (Lipinski definition) is 0. The predicted molar refractivity (Wildman–Crippen MR) is 85.9 cm³/mol. The third-order valence-corrected chi connectivity index (χ3v) is 3.57. The molecule has 0 amide bonds. The zero-order valence-corrected chi connectivity index (χ0v) is 13.6. The van der Waals surface area contributed by atoms with Crippen LogP contribution in [-0.4, -0.2) is 61.5 Å². The van der Waals surface area contributed by atoms with Crippen molar-refractivity contribution in [2.45, 2.75) is 26.1 Å². The fourth-order valence-electron chi connectivity index (χ4n) is 2.67. The first-order valence-corrected chi connectivity index (χ1v) is 7.87. The number of morpholine rings is 1. The maximum Gasteiger partial charge on any atom is 0.273 e. The van der Waals surface area contributed by atoms with E-state index in [-0.39, 0.29) is 17.9 Å². The molecule has 1 aromatic carbocycles. The van der Waals surface area contributed by atoms with E-state index in [0.29, 0.717) is 25.6 Å². The van der Waals surface area contributed by atoms with Crippen LogP contribution >= 0.6 is 0 Å². The molecule has 0 aliphatic carbocycles. The van der Waals surface area contributed by atoms with E-state index in [1.165, 1.54) is 12.1 Å². The Hall–Kier alpha value is -1.70. The maximum atomic E-state index is 10.7. The molecule has 128 valence electrons. The van der Waals surface area contributed by atoms with Gasteiger partial charge in [0.05, 0.1) is 36.4 Å². The van der Waals surface area contributed by atoms with Gasteiger partial charge >= 0.3 is 0 Å². The van der Waals surface area contributed by atoms with Crippen molar-refractivity contribution in [2.75, 3.05) is 39.5 Å². The topological polar surface area (TPSA) is 74.1 Å². The van der Waals surface area contributed by atoms with E-state index in [2.05, 4.69) is 18.7 Å². The van der Waals surface area contributed by atoms with E-state index in [1.54, 1.807) is 12.1 Å². The van der Waals surface area contributed by atoms with Crippen molar-refractivity contribution in [2.24, 2.45) is 0 Å². The molecule has 1 heterocycles. The zero-order valence-electron chi connectivity index (χ0n) is 13.6. The Morgan fingerprint density at radius 2 is 2.00 bits per heavy atom. The SMILES string of the molecule is CC1CN(CCOCCOc2cccc([N+](=O)[O-])c2)CC(C)O1. The first kappa shape index (κ1) is 17.7. The van der Waals surface area contributed by atoms with Crippen LogP contribution in [0.4, 0.5) is 5.69 Å². The Bertz CT molecular complexity index is 501. The van der Waals surface area contributed by atoms with Crippen molar-refractivity contribution in [3.05, 3.63) is 34.4 Å². The van der Waals surface area contributed by atoms with Crippen molar-refractivity contribution in [3.63, 3.8) is 0 Å². The molecule has 2 unspecified atom stereocenters. The summed E-state index contributed by atoms with van der Waals surface area (Å²) < 4.78 is 16.7. The summed E-state index contributed by atoms with van der Waals surface area (Å²) in [6.07, 6.45) is 0.520. The summed E-state index contributed by atoms with van der Waals surface area (Å²) in [5.74, 6) is 0.485. The number of rotatable bonds is 8. The highest BCUT2D eigenvalue weighted by molar-refractivity contribution is 5.37. The molecule has 2 atom stereocenters. The lowest BCUT2D eigenvalue weighted by atomic mass is 10.2. The quantitative estimate of drug-likeness (QED) is 0.414. The van der Waals surface area contributed by atoms with Crippen LogP contribution in [-0.2, 0) is 9.47 Å². The third-order valence-electron chi connectivity index (χ3n) is 3.57. The normalized spacial score (nSPS) is 22.0. The Labute approximate surface area is 136 Å². The minimum absolute atomic E-state index is 0.0268. The van der Waals surface area contributed by atoms with Crippen LogP contribution in [0, 0.1) is 10.1 Å². The zero-order chi connectivity index (χ0) is 16.7. The molecule has 7 heteroatoms. The highest BCUT2D eigenvalue weighted by Gasteiger charge is 2.21. The van der Waals surface area contributed by atoms with Crippen molar-refractivity contribution >= 4 is 5.69 Å². The Kier molecular flexibility index (Phi) is 6.76. The van der Waals surface area contributed by atoms with Gasteiger partial charge in [-0.05, 0) is 19.9 Å². The molecule has 0 aromatic heterocycles. The number of nitro groups is 1. The highest BCUT2D eigenvalue weighted by Crippen LogP contribution is 2.18. The molecule has 0 saturated carbocycles. The van der Waals surface area contributed by atoms with Gasteiger partial charge in [-0.1, -0.05) is 6.07 Å². The number of nitro benzene ring substituents is 1. The lowest BCUT2D eigenvalue weighted by Crippen LogP contribution is -2.46. The molecular weight excluding hydrogens is 300 g/mol. The summed E-state index contributed by atoms with van der Waals surface area (Å²) in [5.41, 5.74) is 0.0268. The lowest BCUT2D eigenvalue weighted by molar-refractivity contribution is -0.384. The Morgan fingerprint density at radius 3 is 2.70 bits per heavy atom. The number of hydrogen-bond acceptors (Lipinski definition) is 6. The van der Waals surface area contributed by atoms with Gasteiger partial charge in [-0.25, -0.2) is 0 Å². The average molecular weight is 324 g/mol. The Balaban J connectivity index is 1.59. The van der Waals surface area contributed by atoms with Crippen LogP contribution in [0.25, 0.3) is 0 Å². The van der Waals surface area contributed by atoms with Crippen LogP contribution in [0.3, 0.4) is 0 Å². The van der Waals surface area contributed by atoms with Crippen LogP contribution in [0.1, 0.15) is 13.8 Å². The van der Waals surface area contributed by atoms with Crippen LogP contribution in [0.5, 0.6) is 5.75 Å². The van der Waals surface area contributed by atoms with Crippen LogP contribution < -0.4 is 4.74 Å². The minimum atomic E-state index is -0.437. The van der Waals surface area contributed by atoms with Gasteiger partial charge in [0.2, 0.25) is 0 Å². The molecule has 1 saturated heterocycles. The van der Waals surface area contributed by atoms with E-state index >= 15 is 0 Å². The maximum absolute atomic E-state index is 10.7. The number of nitrogens with zero attached hydrogens (tertiary/aromatic N) is 2. The molecule has 0 radical (unpaired) electrons. The summed E-state index contributed by atoms with van der Waals surface area (Å²) >= 11 is 0. The van der Waals surface area contributed by atoms with Crippen LogP contribution in [0.15, 0.2) is 24.3 Å². The van der Waals surface area contributed by atoms with Gasteiger partial charge < -0.3 is 14.2 Å². The molecule has 1 aliphatic heterocycles. The third kappa shape index (κ3) is 6.13. The summed E-state index contributed by atoms with van der Waals surface area (Å²) in [6, 6.07) is 6.16. The van der Waals surface area contributed by atoms with Gasteiger partial charge in [0.15, 0.2) is 0 Å². The van der Waals surface area contributed by atoms with E-state index < -0.39 is 4.92 Å². The van der Waals surface area contributed by atoms with Gasteiger partial charge in [0, 0.05) is 25.7 Å². The van der Waals surface area contributed by atoms with Crippen molar-refractivity contribution in [1.29, 1.82) is 0 Å². The molecule has 1 aliphatic rings. The summed E-state index contributed by atoms with van der Waals surface area (Å²) in [5, 5.41) is 10.7.